The van der Waals surface area contributed by atoms with Gasteiger partial charge in [0, 0.05) is 16.6 Å². The van der Waals surface area contributed by atoms with Gasteiger partial charge < -0.3 is 0 Å². The smallest absolute Gasteiger partial charge is 0.150 e. The van der Waals surface area contributed by atoms with E-state index in [-0.39, 0.29) is 29.9 Å². The molecule has 0 amide bonds. The van der Waals surface area contributed by atoms with Crippen LogP contribution in [0.5, 0.6) is 0 Å². The van der Waals surface area contributed by atoms with E-state index in [9.17, 15) is 12.8 Å². The third kappa shape index (κ3) is 3.45. The molecule has 19 heavy (non-hydrogen) atoms. The molecule has 106 valence electrons. The second kappa shape index (κ2) is 5.75. The number of nitrogens with one attached hydrogen (secondary N) is 1. The van der Waals surface area contributed by atoms with Crippen molar-refractivity contribution in [1.82, 2.24) is 5.43 Å². The van der Waals surface area contributed by atoms with Crippen LogP contribution in [-0.4, -0.2) is 26.0 Å². The SMILES string of the molecule is NNC(Cc1c(F)cccc1Cl)C1CCS(=O)(=O)C1. The average Bonchev–Trinajstić information content (AvgIpc) is 2.69. The Kier molecular flexibility index (Phi) is 4.45. The Morgan fingerprint density at radius 2 is 2.26 bits per heavy atom. The highest BCUT2D eigenvalue weighted by Crippen LogP contribution is 2.27. The van der Waals surface area contributed by atoms with Gasteiger partial charge in [0.2, 0.25) is 0 Å². The highest BCUT2D eigenvalue weighted by atomic mass is 35.5. The third-order valence-electron chi connectivity index (χ3n) is 3.54. The van der Waals surface area contributed by atoms with E-state index in [0.717, 1.165) is 0 Å². The second-order valence-corrected chi connectivity index (χ2v) is 7.48. The standard InChI is InChI=1S/C12H16ClFN2O2S/c13-10-2-1-3-11(14)9(10)6-12(16-15)8-4-5-19(17,18)7-8/h1-3,8,12,16H,4-7,15H2. The molecule has 0 radical (unpaired) electrons. The zero-order valence-corrected chi connectivity index (χ0v) is 11.8. The van der Waals surface area contributed by atoms with Gasteiger partial charge in [-0.2, -0.15) is 0 Å². The average molecular weight is 307 g/mol. The van der Waals surface area contributed by atoms with E-state index < -0.39 is 15.7 Å². The molecule has 0 aliphatic carbocycles. The monoisotopic (exact) mass is 306 g/mol. The number of hydrogen-bond acceptors (Lipinski definition) is 4. The van der Waals surface area contributed by atoms with Crippen molar-refractivity contribution < 1.29 is 12.8 Å². The minimum atomic E-state index is -2.99. The summed E-state index contributed by atoms with van der Waals surface area (Å²) in [5.74, 6) is 5.24. The number of benzene rings is 1. The van der Waals surface area contributed by atoms with Crippen molar-refractivity contribution >= 4 is 21.4 Å². The van der Waals surface area contributed by atoms with Gasteiger partial charge in [-0.25, -0.2) is 12.8 Å². The lowest BCUT2D eigenvalue weighted by Crippen LogP contribution is -2.43. The molecule has 1 aromatic carbocycles. The fraction of sp³-hybridized carbons (Fsp3) is 0.500. The highest BCUT2D eigenvalue weighted by molar-refractivity contribution is 7.91. The molecule has 0 aromatic heterocycles. The molecule has 4 nitrogen and oxygen atoms in total. The van der Waals surface area contributed by atoms with Crippen LogP contribution < -0.4 is 11.3 Å². The van der Waals surface area contributed by atoms with Crippen molar-refractivity contribution in [2.24, 2.45) is 11.8 Å². The maximum atomic E-state index is 13.7. The molecule has 1 aliphatic heterocycles. The van der Waals surface area contributed by atoms with E-state index in [2.05, 4.69) is 5.43 Å². The number of halogens is 2. The number of rotatable bonds is 4. The Hall–Kier alpha value is -0.690. The molecule has 1 fully saturated rings. The first-order valence-electron chi connectivity index (χ1n) is 6.02. The van der Waals surface area contributed by atoms with Crippen molar-refractivity contribution in [2.45, 2.75) is 18.9 Å². The summed E-state index contributed by atoms with van der Waals surface area (Å²) in [6.07, 6.45) is 0.825. The van der Waals surface area contributed by atoms with Crippen LogP contribution in [0.4, 0.5) is 4.39 Å². The summed E-state index contributed by atoms with van der Waals surface area (Å²) in [4.78, 5) is 0. The molecule has 3 N–H and O–H groups in total. The van der Waals surface area contributed by atoms with E-state index in [1.165, 1.54) is 12.1 Å². The molecule has 1 saturated heterocycles. The van der Waals surface area contributed by atoms with Gasteiger partial charge in [-0.3, -0.25) is 11.3 Å². The van der Waals surface area contributed by atoms with Gasteiger partial charge in [0.05, 0.1) is 11.5 Å². The van der Waals surface area contributed by atoms with E-state index in [4.69, 9.17) is 17.4 Å². The Balaban J connectivity index is 2.16. The van der Waals surface area contributed by atoms with Crippen molar-refractivity contribution in [3.8, 4) is 0 Å². The molecular formula is C12H16ClFN2O2S. The van der Waals surface area contributed by atoms with Gasteiger partial charge in [-0.1, -0.05) is 17.7 Å². The lowest BCUT2D eigenvalue weighted by Gasteiger charge is -2.22. The molecule has 0 saturated carbocycles. The van der Waals surface area contributed by atoms with Crippen LogP contribution in [0, 0.1) is 11.7 Å². The molecule has 1 heterocycles. The van der Waals surface area contributed by atoms with Crippen LogP contribution in [0.3, 0.4) is 0 Å². The van der Waals surface area contributed by atoms with Gasteiger partial charge in [0.25, 0.3) is 0 Å². The van der Waals surface area contributed by atoms with Crippen LogP contribution in [-0.2, 0) is 16.3 Å². The number of nitrogens with two attached hydrogens (primary N) is 1. The van der Waals surface area contributed by atoms with Crippen LogP contribution in [0.25, 0.3) is 0 Å². The highest BCUT2D eigenvalue weighted by Gasteiger charge is 2.33. The van der Waals surface area contributed by atoms with Crippen LogP contribution in [0.15, 0.2) is 18.2 Å². The first kappa shape index (κ1) is 14.7. The molecule has 1 aliphatic rings. The van der Waals surface area contributed by atoms with E-state index in [1.54, 1.807) is 6.07 Å². The van der Waals surface area contributed by atoms with Crippen molar-refractivity contribution in [3.05, 3.63) is 34.6 Å². The normalized spacial score (nSPS) is 23.4. The largest absolute Gasteiger partial charge is 0.271 e. The summed E-state index contributed by atoms with van der Waals surface area (Å²) < 4.78 is 36.7. The van der Waals surface area contributed by atoms with Crippen LogP contribution in [0.1, 0.15) is 12.0 Å². The van der Waals surface area contributed by atoms with Crippen molar-refractivity contribution in [3.63, 3.8) is 0 Å². The summed E-state index contributed by atoms with van der Waals surface area (Å²) in [6.45, 7) is 0. The molecule has 7 heteroatoms. The van der Waals surface area contributed by atoms with Gasteiger partial charge in [-0.15, -0.1) is 0 Å². The quantitative estimate of drug-likeness (QED) is 0.649. The zero-order valence-electron chi connectivity index (χ0n) is 10.3. The van der Waals surface area contributed by atoms with Gasteiger partial charge in [0.15, 0.2) is 9.84 Å². The minimum Gasteiger partial charge on any atom is -0.271 e. The predicted octanol–water partition coefficient (Wildman–Crippen LogP) is 1.29. The maximum Gasteiger partial charge on any atom is 0.150 e. The Bertz CT molecular complexity index is 545. The number of hydrazine groups is 1. The number of hydrogen-bond donors (Lipinski definition) is 2. The summed E-state index contributed by atoms with van der Waals surface area (Å²) in [7, 11) is -2.99. The van der Waals surface area contributed by atoms with E-state index >= 15 is 0 Å². The molecule has 2 atom stereocenters. The second-order valence-electron chi connectivity index (χ2n) is 4.84. The van der Waals surface area contributed by atoms with Crippen molar-refractivity contribution in [1.29, 1.82) is 0 Å². The van der Waals surface area contributed by atoms with Gasteiger partial charge in [0.1, 0.15) is 5.82 Å². The minimum absolute atomic E-state index is 0.0912. The summed E-state index contributed by atoms with van der Waals surface area (Å²) >= 11 is 5.97. The molecule has 2 unspecified atom stereocenters. The first-order valence-corrected chi connectivity index (χ1v) is 8.22. The molecule has 0 spiro atoms. The molecular weight excluding hydrogens is 291 g/mol. The summed E-state index contributed by atoms with van der Waals surface area (Å²) in [5.41, 5.74) is 2.97. The molecule has 2 rings (SSSR count). The Morgan fingerprint density at radius 1 is 1.53 bits per heavy atom. The fourth-order valence-electron chi connectivity index (χ4n) is 2.45. The molecule has 0 bridgehead atoms. The third-order valence-corrected chi connectivity index (χ3v) is 5.68. The maximum absolute atomic E-state index is 13.7. The van der Waals surface area contributed by atoms with Gasteiger partial charge >= 0.3 is 0 Å². The Labute approximate surface area is 117 Å². The van der Waals surface area contributed by atoms with Gasteiger partial charge in [-0.05, 0) is 30.9 Å². The molecule has 1 aromatic rings. The zero-order chi connectivity index (χ0) is 14.0. The van der Waals surface area contributed by atoms with E-state index in [0.29, 0.717) is 17.0 Å². The van der Waals surface area contributed by atoms with Crippen LogP contribution in [0.2, 0.25) is 5.02 Å². The topological polar surface area (TPSA) is 72.2 Å². The lowest BCUT2D eigenvalue weighted by atomic mass is 9.93. The lowest BCUT2D eigenvalue weighted by molar-refractivity contribution is 0.381. The fourth-order valence-corrected chi connectivity index (χ4v) is 4.57. The summed E-state index contributed by atoms with van der Waals surface area (Å²) in [6, 6.07) is 4.18. The number of sulfone groups is 1. The van der Waals surface area contributed by atoms with Crippen molar-refractivity contribution in [2.75, 3.05) is 11.5 Å². The Morgan fingerprint density at radius 3 is 2.79 bits per heavy atom. The first-order chi connectivity index (χ1) is 8.93. The van der Waals surface area contributed by atoms with E-state index in [1.807, 2.05) is 0 Å². The summed E-state index contributed by atoms with van der Waals surface area (Å²) in [5, 5.41) is 0.334. The van der Waals surface area contributed by atoms with Crippen LogP contribution >= 0.6 is 11.6 Å². The predicted molar refractivity (Wildman–Crippen MR) is 73.0 cm³/mol.